The van der Waals surface area contributed by atoms with Gasteiger partial charge in [0.25, 0.3) is 11.8 Å². The zero-order valence-corrected chi connectivity index (χ0v) is 18.5. The Hall–Kier alpha value is -3.64. The third-order valence-electron chi connectivity index (χ3n) is 5.23. The van der Waals surface area contributed by atoms with Crippen molar-refractivity contribution in [3.8, 4) is 0 Å². The quantitative estimate of drug-likeness (QED) is 0.358. The van der Waals surface area contributed by atoms with Crippen LogP contribution in [0.4, 0.5) is 5.00 Å². The molecule has 5 nitrogen and oxygen atoms in total. The van der Waals surface area contributed by atoms with E-state index < -0.39 is 0 Å². The number of carbonyl (C=O) groups excluding carboxylic acids is 2. The second kappa shape index (κ2) is 10.1. The maximum absolute atomic E-state index is 12.8. The van der Waals surface area contributed by atoms with Gasteiger partial charge in [-0.3, -0.25) is 9.59 Å². The van der Waals surface area contributed by atoms with Gasteiger partial charge in [0.2, 0.25) is 0 Å². The predicted octanol–water partition coefficient (Wildman–Crippen LogP) is 5.85. The van der Waals surface area contributed by atoms with Crippen LogP contribution >= 0.6 is 11.3 Å². The average molecular weight is 445 g/mol. The summed E-state index contributed by atoms with van der Waals surface area (Å²) >= 11 is 1.26. The van der Waals surface area contributed by atoms with Crippen molar-refractivity contribution in [2.45, 2.75) is 19.3 Å². The number of thiophene rings is 1. The topological polar surface area (TPSA) is 71.3 Å². The smallest absolute Gasteiger partial charge is 0.291 e. The normalized spacial score (nSPS) is 10.8. The van der Waals surface area contributed by atoms with Crippen molar-refractivity contribution in [1.82, 2.24) is 5.32 Å². The summed E-state index contributed by atoms with van der Waals surface area (Å²) < 4.78 is 5.11. The molecule has 0 saturated heterocycles. The highest BCUT2D eigenvalue weighted by Crippen LogP contribution is 2.29. The van der Waals surface area contributed by atoms with E-state index >= 15 is 0 Å². The first-order valence-corrected chi connectivity index (χ1v) is 11.3. The van der Waals surface area contributed by atoms with Gasteiger partial charge in [0, 0.05) is 12.5 Å². The molecule has 0 unspecified atom stereocenters. The first-order chi connectivity index (χ1) is 15.6. The Morgan fingerprint density at radius 2 is 1.56 bits per heavy atom. The minimum Gasteiger partial charge on any atom is -0.459 e. The van der Waals surface area contributed by atoms with Gasteiger partial charge in [0.05, 0.1) is 16.1 Å². The van der Waals surface area contributed by atoms with E-state index in [9.17, 15) is 9.59 Å². The summed E-state index contributed by atoms with van der Waals surface area (Å²) in [6.45, 7) is 2.41. The van der Waals surface area contributed by atoms with Gasteiger partial charge in [-0.05, 0) is 48.2 Å². The number of furan rings is 1. The standard InChI is InChI=1S/C26H24N2O3S/c1-18-17-23(28-25(29)22-13-8-16-31-22)32-24(18)26(30)27-15-14-21(19-9-4-2-5-10-19)20-11-6-3-7-12-20/h2-13,16-17,21H,14-15H2,1H3,(H,27,30)(H,28,29). The van der Waals surface area contributed by atoms with Crippen LogP contribution in [-0.4, -0.2) is 18.4 Å². The van der Waals surface area contributed by atoms with E-state index in [1.54, 1.807) is 18.2 Å². The molecule has 4 rings (SSSR count). The zero-order valence-electron chi connectivity index (χ0n) is 17.7. The largest absolute Gasteiger partial charge is 0.459 e. The van der Waals surface area contributed by atoms with Gasteiger partial charge in [0.1, 0.15) is 0 Å². The SMILES string of the molecule is Cc1cc(NC(=O)c2ccco2)sc1C(=O)NCCC(c1ccccc1)c1ccccc1. The minimum absolute atomic E-state index is 0.133. The van der Waals surface area contributed by atoms with E-state index in [4.69, 9.17) is 4.42 Å². The van der Waals surface area contributed by atoms with Crippen LogP contribution < -0.4 is 10.6 Å². The monoisotopic (exact) mass is 444 g/mol. The summed E-state index contributed by atoms with van der Waals surface area (Å²) in [5.41, 5.74) is 3.27. The Labute approximate surface area is 191 Å². The van der Waals surface area contributed by atoms with E-state index in [-0.39, 0.29) is 23.5 Å². The second-order valence-corrected chi connectivity index (χ2v) is 8.52. The lowest BCUT2D eigenvalue weighted by Crippen LogP contribution is -2.25. The lowest BCUT2D eigenvalue weighted by atomic mass is 9.88. The number of hydrogen-bond acceptors (Lipinski definition) is 4. The number of hydrogen-bond donors (Lipinski definition) is 2. The van der Waals surface area contributed by atoms with Gasteiger partial charge in [-0.1, -0.05) is 60.7 Å². The summed E-state index contributed by atoms with van der Waals surface area (Å²) in [6.07, 6.45) is 2.23. The number of carbonyl (C=O) groups is 2. The zero-order chi connectivity index (χ0) is 22.3. The predicted molar refractivity (Wildman–Crippen MR) is 127 cm³/mol. The molecule has 0 bridgehead atoms. The van der Waals surface area contributed by atoms with E-state index in [1.807, 2.05) is 43.3 Å². The molecule has 0 radical (unpaired) electrons. The second-order valence-electron chi connectivity index (χ2n) is 7.47. The molecule has 0 aliphatic heterocycles. The van der Waals surface area contributed by atoms with Gasteiger partial charge in [-0.15, -0.1) is 11.3 Å². The van der Waals surface area contributed by atoms with Crippen molar-refractivity contribution in [3.63, 3.8) is 0 Å². The van der Waals surface area contributed by atoms with Crippen LogP contribution in [0.3, 0.4) is 0 Å². The van der Waals surface area contributed by atoms with Crippen LogP contribution in [0.15, 0.2) is 89.5 Å². The van der Waals surface area contributed by atoms with E-state index in [2.05, 4.69) is 34.9 Å². The van der Waals surface area contributed by atoms with Crippen LogP contribution in [0.25, 0.3) is 0 Å². The molecule has 2 heterocycles. The molecule has 0 atom stereocenters. The summed E-state index contributed by atoms with van der Waals surface area (Å²) in [5, 5.41) is 6.44. The highest BCUT2D eigenvalue weighted by molar-refractivity contribution is 7.18. The molecule has 162 valence electrons. The molecule has 0 saturated carbocycles. The first kappa shape index (κ1) is 21.6. The van der Waals surface area contributed by atoms with Crippen LogP contribution in [0.2, 0.25) is 0 Å². The van der Waals surface area contributed by atoms with E-state index in [0.717, 1.165) is 12.0 Å². The van der Waals surface area contributed by atoms with Gasteiger partial charge < -0.3 is 15.1 Å². The Morgan fingerprint density at radius 3 is 2.16 bits per heavy atom. The van der Waals surface area contributed by atoms with Crippen LogP contribution in [-0.2, 0) is 0 Å². The fraction of sp³-hybridized carbons (Fsp3) is 0.154. The lowest BCUT2D eigenvalue weighted by Gasteiger charge is -2.18. The molecule has 2 N–H and O–H groups in total. The van der Waals surface area contributed by atoms with Crippen molar-refractivity contribution in [2.75, 3.05) is 11.9 Å². The average Bonchev–Trinajstić information content (AvgIpc) is 3.48. The summed E-state index contributed by atoms with van der Waals surface area (Å²) in [6, 6.07) is 25.7. The summed E-state index contributed by atoms with van der Waals surface area (Å²) in [7, 11) is 0. The van der Waals surface area contributed by atoms with Crippen LogP contribution in [0.5, 0.6) is 0 Å². The molecule has 0 spiro atoms. The molecule has 32 heavy (non-hydrogen) atoms. The Kier molecular flexibility index (Phi) is 6.82. The minimum atomic E-state index is -0.336. The van der Waals surface area contributed by atoms with Gasteiger partial charge in [0.15, 0.2) is 5.76 Å². The molecule has 2 amide bonds. The van der Waals surface area contributed by atoms with Gasteiger partial charge in [-0.25, -0.2) is 0 Å². The number of aryl methyl sites for hydroxylation is 1. The molecule has 0 aliphatic rings. The van der Waals surface area contributed by atoms with Gasteiger partial charge >= 0.3 is 0 Å². The Bertz CT molecular complexity index is 1130. The van der Waals surface area contributed by atoms with E-state index in [1.165, 1.54) is 28.7 Å². The fourth-order valence-electron chi connectivity index (χ4n) is 3.66. The number of rotatable bonds is 8. The fourth-order valence-corrected chi connectivity index (χ4v) is 4.64. The maximum Gasteiger partial charge on any atom is 0.291 e. The summed E-state index contributed by atoms with van der Waals surface area (Å²) in [5.74, 6) is -0.0390. The van der Waals surface area contributed by atoms with Crippen LogP contribution in [0.1, 0.15) is 49.3 Å². The molecular weight excluding hydrogens is 420 g/mol. The molecular formula is C26H24N2O3S. The Morgan fingerprint density at radius 1 is 0.906 bits per heavy atom. The molecule has 0 fully saturated rings. The van der Waals surface area contributed by atoms with Crippen molar-refractivity contribution >= 4 is 28.2 Å². The Balaban J connectivity index is 1.39. The number of amides is 2. The number of anilines is 1. The third-order valence-corrected chi connectivity index (χ3v) is 6.38. The van der Waals surface area contributed by atoms with Crippen molar-refractivity contribution in [2.24, 2.45) is 0 Å². The number of nitrogens with one attached hydrogen (secondary N) is 2. The molecule has 2 aromatic heterocycles. The van der Waals surface area contributed by atoms with Gasteiger partial charge in [-0.2, -0.15) is 0 Å². The lowest BCUT2D eigenvalue weighted by molar-refractivity contribution is 0.0954. The van der Waals surface area contributed by atoms with Crippen molar-refractivity contribution in [1.29, 1.82) is 0 Å². The first-order valence-electron chi connectivity index (χ1n) is 10.4. The maximum atomic E-state index is 12.8. The molecule has 4 aromatic rings. The highest BCUT2D eigenvalue weighted by Gasteiger charge is 2.18. The van der Waals surface area contributed by atoms with Crippen LogP contribution in [0, 0.1) is 6.92 Å². The van der Waals surface area contributed by atoms with Crippen molar-refractivity contribution in [3.05, 3.63) is 112 Å². The third kappa shape index (κ3) is 5.15. The van der Waals surface area contributed by atoms with Crippen molar-refractivity contribution < 1.29 is 14.0 Å². The summed E-state index contributed by atoms with van der Waals surface area (Å²) in [4.78, 5) is 25.6. The highest BCUT2D eigenvalue weighted by atomic mass is 32.1. The molecule has 0 aliphatic carbocycles. The molecule has 6 heteroatoms. The molecule has 2 aromatic carbocycles. The number of benzene rings is 2. The van der Waals surface area contributed by atoms with E-state index in [0.29, 0.717) is 16.4 Å².